The maximum atomic E-state index is 11.8. The molecule has 0 saturated carbocycles. The Morgan fingerprint density at radius 1 is 1.09 bits per heavy atom. The summed E-state index contributed by atoms with van der Waals surface area (Å²) in [6.45, 7) is 20.2. The third-order valence-corrected chi connectivity index (χ3v) is 9.91. The Morgan fingerprint density at radius 2 is 1.61 bits per heavy atom. The van der Waals surface area contributed by atoms with Crippen molar-refractivity contribution in [1.82, 2.24) is 0 Å². The summed E-state index contributed by atoms with van der Waals surface area (Å²) in [6, 6.07) is 0. The van der Waals surface area contributed by atoms with E-state index in [2.05, 4.69) is 54.6 Å². The van der Waals surface area contributed by atoms with Gasteiger partial charge in [-0.05, 0) is 42.8 Å². The highest BCUT2D eigenvalue weighted by atomic mass is 28.4. The molecule has 138 valence electrons. The van der Waals surface area contributed by atoms with E-state index in [-0.39, 0.29) is 23.0 Å². The van der Waals surface area contributed by atoms with Crippen molar-refractivity contribution in [3.8, 4) is 0 Å². The fraction of sp³-hybridized carbons (Fsp3) is 0.947. The predicted molar refractivity (Wildman–Crippen MR) is 101 cm³/mol. The molecule has 0 N–H and O–H groups in total. The lowest BCUT2D eigenvalue weighted by atomic mass is 9.85. The first kappa shape index (κ1) is 22.6. The van der Waals surface area contributed by atoms with Crippen molar-refractivity contribution >= 4 is 14.3 Å². The number of rotatable bonds is 9. The van der Waals surface area contributed by atoms with E-state index in [9.17, 15) is 4.79 Å². The third-order valence-electron chi connectivity index (χ3n) is 5.43. The number of hydrogen-bond acceptors (Lipinski definition) is 3. The average Bonchev–Trinajstić information content (AvgIpc) is 2.42. The van der Waals surface area contributed by atoms with Gasteiger partial charge in [-0.2, -0.15) is 0 Å². The van der Waals surface area contributed by atoms with Gasteiger partial charge in [-0.15, -0.1) is 0 Å². The summed E-state index contributed by atoms with van der Waals surface area (Å²) in [4.78, 5) is 11.8. The van der Waals surface area contributed by atoms with Gasteiger partial charge in [0.15, 0.2) is 8.32 Å². The van der Waals surface area contributed by atoms with Crippen LogP contribution in [0.4, 0.5) is 0 Å². The molecule has 0 aliphatic rings. The second kappa shape index (κ2) is 9.21. The first-order valence-corrected chi connectivity index (χ1v) is 12.0. The molecule has 0 unspecified atom stereocenters. The van der Waals surface area contributed by atoms with Gasteiger partial charge in [0.1, 0.15) is 0 Å². The van der Waals surface area contributed by atoms with E-state index in [4.69, 9.17) is 9.16 Å². The fourth-order valence-corrected chi connectivity index (χ4v) is 4.42. The van der Waals surface area contributed by atoms with Crippen LogP contribution in [0.1, 0.15) is 67.7 Å². The molecule has 0 aliphatic carbocycles. The van der Waals surface area contributed by atoms with E-state index in [0.29, 0.717) is 11.8 Å². The first-order chi connectivity index (χ1) is 10.4. The Morgan fingerprint density at radius 3 is 2.00 bits per heavy atom. The minimum Gasteiger partial charge on any atom is -0.469 e. The van der Waals surface area contributed by atoms with Crippen molar-refractivity contribution in [3.63, 3.8) is 0 Å². The Labute approximate surface area is 145 Å². The van der Waals surface area contributed by atoms with E-state index in [1.807, 2.05) is 6.92 Å². The summed E-state index contributed by atoms with van der Waals surface area (Å²) >= 11 is 0. The van der Waals surface area contributed by atoms with Gasteiger partial charge in [-0.25, -0.2) is 0 Å². The van der Waals surface area contributed by atoms with Crippen LogP contribution in [-0.2, 0) is 14.0 Å². The van der Waals surface area contributed by atoms with Gasteiger partial charge < -0.3 is 9.16 Å². The van der Waals surface area contributed by atoms with Crippen LogP contribution in [0.5, 0.6) is 0 Å². The summed E-state index contributed by atoms with van der Waals surface area (Å²) in [7, 11) is -0.360. The number of esters is 1. The molecule has 0 radical (unpaired) electrons. The molecule has 0 aromatic heterocycles. The minimum absolute atomic E-state index is 0.0747. The van der Waals surface area contributed by atoms with Crippen LogP contribution in [0, 0.1) is 17.8 Å². The molecule has 4 atom stereocenters. The highest BCUT2D eigenvalue weighted by molar-refractivity contribution is 6.74. The summed E-state index contributed by atoms with van der Waals surface area (Å²) in [6.07, 6.45) is 3.36. The molecule has 0 saturated heterocycles. The highest BCUT2D eigenvalue weighted by Gasteiger charge is 2.41. The summed E-state index contributed by atoms with van der Waals surface area (Å²) < 4.78 is 11.7. The molecule has 0 bridgehead atoms. The monoisotopic (exact) mass is 344 g/mol. The second-order valence-corrected chi connectivity index (χ2v) is 13.5. The van der Waals surface area contributed by atoms with Gasteiger partial charge in [0, 0.05) is 0 Å². The molecular weight excluding hydrogens is 304 g/mol. The molecule has 0 aliphatic heterocycles. The second-order valence-electron chi connectivity index (χ2n) is 8.75. The topological polar surface area (TPSA) is 35.5 Å². The zero-order chi connectivity index (χ0) is 18.4. The predicted octanol–water partition coefficient (Wildman–Crippen LogP) is 5.65. The van der Waals surface area contributed by atoms with Crippen LogP contribution in [0.2, 0.25) is 18.1 Å². The quantitative estimate of drug-likeness (QED) is 0.400. The molecule has 0 aromatic rings. The maximum Gasteiger partial charge on any atom is 0.308 e. The lowest BCUT2D eigenvalue weighted by molar-refractivity contribution is -0.145. The molecule has 3 nitrogen and oxygen atoms in total. The summed E-state index contributed by atoms with van der Waals surface area (Å²) in [5, 5.41) is 0.199. The largest absolute Gasteiger partial charge is 0.469 e. The lowest BCUT2D eigenvalue weighted by Gasteiger charge is -2.43. The van der Waals surface area contributed by atoms with Crippen molar-refractivity contribution in [3.05, 3.63) is 0 Å². The van der Waals surface area contributed by atoms with Crippen LogP contribution in [0.25, 0.3) is 0 Å². The SMILES string of the molecule is CCC[C@@H](C)[C@H](O[Si](C)(C)C(C)(C)C)[C@H](C)C[C@@H](C)C(=O)OC. The van der Waals surface area contributed by atoms with Crippen molar-refractivity contribution in [1.29, 1.82) is 0 Å². The standard InChI is InChI=1S/C19H40O3Si/c1-11-12-14(2)17(22-23(9,10)19(5,6)7)15(3)13-16(4)18(20)21-8/h14-17H,11-13H2,1-10H3/t14-,15-,16-,17+/m1/s1. The highest BCUT2D eigenvalue weighted by Crippen LogP contribution is 2.40. The summed E-state index contributed by atoms with van der Waals surface area (Å²) in [5.74, 6) is 0.661. The normalized spacial score (nSPS) is 18.2. The molecule has 23 heavy (non-hydrogen) atoms. The molecule has 0 spiro atoms. The van der Waals surface area contributed by atoms with E-state index >= 15 is 0 Å². The Bertz CT molecular complexity index is 360. The summed E-state index contributed by atoms with van der Waals surface area (Å²) in [5.41, 5.74) is 0. The first-order valence-electron chi connectivity index (χ1n) is 9.13. The number of methoxy groups -OCH3 is 1. The number of carbonyl (C=O) groups is 1. The van der Waals surface area contributed by atoms with Gasteiger partial charge in [-0.3, -0.25) is 4.79 Å². The molecule has 0 aromatic carbocycles. The molecule has 0 amide bonds. The van der Waals surface area contributed by atoms with E-state index in [1.54, 1.807) is 0 Å². The number of carbonyl (C=O) groups excluding carboxylic acids is 1. The Kier molecular flexibility index (Phi) is 9.07. The van der Waals surface area contributed by atoms with Crippen LogP contribution in [0.15, 0.2) is 0 Å². The van der Waals surface area contributed by atoms with E-state index in [1.165, 1.54) is 7.11 Å². The minimum atomic E-state index is -1.83. The van der Waals surface area contributed by atoms with Gasteiger partial charge in [0.05, 0.1) is 19.1 Å². The van der Waals surface area contributed by atoms with Crippen LogP contribution in [0.3, 0.4) is 0 Å². The number of ether oxygens (including phenoxy) is 1. The fourth-order valence-electron chi connectivity index (χ4n) is 2.92. The average molecular weight is 345 g/mol. The molecule has 0 rings (SSSR count). The molecule has 4 heteroatoms. The van der Waals surface area contributed by atoms with Crippen LogP contribution < -0.4 is 0 Å². The Balaban J connectivity index is 5.18. The third kappa shape index (κ3) is 6.96. The lowest BCUT2D eigenvalue weighted by Crippen LogP contribution is -2.47. The zero-order valence-corrected chi connectivity index (χ0v) is 18.2. The van der Waals surface area contributed by atoms with E-state index in [0.717, 1.165) is 19.3 Å². The molecule has 0 heterocycles. The zero-order valence-electron chi connectivity index (χ0n) is 17.2. The smallest absolute Gasteiger partial charge is 0.308 e. The molecular formula is C19H40O3Si. The van der Waals surface area contributed by atoms with Crippen molar-refractivity contribution < 1.29 is 14.0 Å². The van der Waals surface area contributed by atoms with Crippen LogP contribution >= 0.6 is 0 Å². The van der Waals surface area contributed by atoms with Crippen molar-refractivity contribution in [2.45, 2.75) is 92.0 Å². The van der Waals surface area contributed by atoms with Gasteiger partial charge in [0.2, 0.25) is 0 Å². The maximum absolute atomic E-state index is 11.8. The van der Waals surface area contributed by atoms with Gasteiger partial charge in [-0.1, -0.05) is 54.9 Å². The van der Waals surface area contributed by atoms with Crippen molar-refractivity contribution in [2.75, 3.05) is 7.11 Å². The van der Waals surface area contributed by atoms with Gasteiger partial charge in [0.25, 0.3) is 0 Å². The molecule has 0 fully saturated rings. The van der Waals surface area contributed by atoms with Crippen molar-refractivity contribution in [2.24, 2.45) is 17.8 Å². The number of hydrogen-bond donors (Lipinski definition) is 0. The Hall–Kier alpha value is -0.353. The van der Waals surface area contributed by atoms with Crippen LogP contribution in [-0.4, -0.2) is 27.5 Å². The van der Waals surface area contributed by atoms with Gasteiger partial charge >= 0.3 is 5.97 Å². The van der Waals surface area contributed by atoms with E-state index < -0.39 is 8.32 Å².